The maximum absolute atomic E-state index is 16.5. The molecule has 1 aliphatic rings. The van der Waals surface area contributed by atoms with Gasteiger partial charge in [0.05, 0.1) is 23.0 Å². The van der Waals surface area contributed by atoms with Gasteiger partial charge >= 0.3 is 6.01 Å². The highest BCUT2D eigenvalue weighted by Gasteiger charge is 2.71. The Balaban J connectivity index is 1.69. The van der Waals surface area contributed by atoms with E-state index in [0.717, 1.165) is 6.07 Å². The molecule has 0 radical (unpaired) electrons. The van der Waals surface area contributed by atoms with Gasteiger partial charge in [-0.1, -0.05) is 23.7 Å². The predicted octanol–water partition coefficient (Wildman–Crippen LogP) is 7.33. The topological polar surface area (TPSA) is 82.9 Å². The van der Waals surface area contributed by atoms with Crippen molar-refractivity contribution in [2.45, 2.75) is 45.6 Å². The third kappa shape index (κ3) is 5.65. The summed E-state index contributed by atoms with van der Waals surface area (Å²) in [5, 5.41) is 10.6. The van der Waals surface area contributed by atoms with Crippen LogP contribution in [0, 0.1) is 17.0 Å². The molecule has 0 amide bonds. The van der Waals surface area contributed by atoms with Gasteiger partial charge in [-0.2, -0.15) is 9.97 Å². The largest absolute Gasteiger partial charge is 0.471 e. The van der Waals surface area contributed by atoms with E-state index in [1.165, 1.54) is 6.07 Å². The minimum absolute atomic E-state index is 0.0828. The van der Waals surface area contributed by atoms with Crippen LogP contribution in [-0.4, -0.2) is 53.2 Å². The maximum atomic E-state index is 16.5. The van der Waals surface area contributed by atoms with E-state index in [9.17, 15) is 13.9 Å². The zero-order valence-electron chi connectivity index (χ0n) is 23.4. The van der Waals surface area contributed by atoms with Gasteiger partial charge in [0.1, 0.15) is 29.3 Å². The molecule has 0 bridgehead atoms. The summed E-state index contributed by atoms with van der Waals surface area (Å²) in [7, 11) is 0. The molecule has 1 heterocycles. The Morgan fingerprint density at radius 3 is 2.45 bits per heavy atom. The van der Waals surface area contributed by atoms with Crippen LogP contribution >= 0.6 is 11.6 Å². The maximum Gasteiger partial charge on any atom is 0.320 e. The van der Waals surface area contributed by atoms with E-state index in [1.54, 1.807) is 52.0 Å². The first kappa shape index (κ1) is 30.1. The second-order valence-electron chi connectivity index (χ2n) is 11.1. The summed E-state index contributed by atoms with van der Waals surface area (Å²) in [5.74, 6) is -5.07. The molecule has 1 fully saturated rings. The van der Waals surface area contributed by atoms with Crippen LogP contribution in [0.15, 0.2) is 36.4 Å². The van der Waals surface area contributed by atoms with E-state index in [4.69, 9.17) is 30.5 Å². The van der Waals surface area contributed by atoms with Gasteiger partial charge in [0, 0.05) is 29.0 Å². The van der Waals surface area contributed by atoms with Crippen molar-refractivity contribution in [2.75, 3.05) is 26.6 Å². The average Bonchev–Trinajstić information content (AvgIpc) is 3.48. The van der Waals surface area contributed by atoms with E-state index in [1.807, 2.05) is 0 Å². The molecule has 4 aromatic rings. The minimum Gasteiger partial charge on any atom is -0.471 e. The number of ether oxygens (including phenoxy) is 4. The lowest BCUT2D eigenvalue weighted by Gasteiger charge is -2.22. The van der Waals surface area contributed by atoms with Crippen LogP contribution in [0.3, 0.4) is 0 Å². The fraction of sp³-hybridized carbons (Fsp3) is 0.400. The molecule has 7 nitrogen and oxygen atoms in total. The molecular formula is C30H29ClF4N2O5. The Labute approximate surface area is 244 Å². The van der Waals surface area contributed by atoms with E-state index < -0.39 is 59.8 Å². The van der Waals surface area contributed by atoms with Crippen molar-refractivity contribution in [1.29, 1.82) is 0 Å². The number of rotatable bonds is 10. The van der Waals surface area contributed by atoms with Gasteiger partial charge in [-0.05, 0) is 57.3 Å². The molecule has 1 saturated carbocycles. The average molecular weight is 609 g/mol. The van der Waals surface area contributed by atoms with Crippen LogP contribution in [-0.2, 0) is 4.74 Å². The van der Waals surface area contributed by atoms with Gasteiger partial charge < -0.3 is 24.1 Å². The number of benzene rings is 3. The quantitative estimate of drug-likeness (QED) is 0.115. The van der Waals surface area contributed by atoms with Crippen molar-refractivity contribution in [3.05, 3.63) is 53.1 Å². The number of alkyl halides is 2. The number of fused-ring (bicyclic) bond motifs is 2. The monoisotopic (exact) mass is 608 g/mol. The van der Waals surface area contributed by atoms with Crippen LogP contribution in [0.5, 0.6) is 17.6 Å². The molecular weight excluding hydrogens is 580 g/mol. The number of aliphatic hydroxyl groups excluding tert-OH is 1. The Bertz CT molecular complexity index is 1660. The number of aromatic nitrogens is 2. The predicted molar refractivity (Wildman–Crippen MR) is 149 cm³/mol. The van der Waals surface area contributed by atoms with E-state index in [-0.39, 0.29) is 39.9 Å². The summed E-state index contributed by atoms with van der Waals surface area (Å²) in [6.07, 6.45) is -0.575. The third-order valence-electron chi connectivity index (χ3n) is 6.90. The summed E-state index contributed by atoms with van der Waals surface area (Å²) in [4.78, 5) is 8.26. The normalized spacial score (nSPS) is 18.0. The number of aliphatic hydroxyl groups is 1. The zero-order valence-corrected chi connectivity index (χ0v) is 24.1. The molecule has 42 heavy (non-hydrogen) atoms. The Morgan fingerprint density at radius 1 is 1.07 bits per heavy atom. The molecule has 0 aliphatic heterocycles. The van der Waals surface area contributed by atoms with Crippen LogP contribution < -0.4 is 14.2 Å². The summed E-state index contributed by atoms with van der Waals surface area (Å²) in [6.45, 7) is 5.79. The lowest BCUT2D eigenvalue weighted by molar-refractivity contribution is 0.0123. The molecule has 1 aromatic heterocycles. The first-order valence-corrected chi connectivity index (χ1v) is 13.6. The van der Waals surface area contributed by atoms with E-state index >= 15 is 8.78 Å². The smallest absolute Gasteiger partial charge is 0.320 e. The lowest BCUT2D eigenvalue weighted by Crippen LogP contribution is -2.26. The zero-order chi connectivity index (χ0) is 30.4. The van der Waals surface area contributed by atoms with Gasteiger partial charge in [-0.3, -0.25) is 0 Å². The number of hydrogen-bond acceptors (Lipinski definition) is 7. The molecule has 0 saturated heterocycles. The summed E-state index contributed by atoms with van der Waals surface area (Å²) in [5.41, 5.74) is -3.36. The molecule has 224 valence electrons. The highest BCUT2D eigenvalue weighted by molar-refractivity contribution is 6.36. The van der Waals surface area contributed by atoms with Crippen molar-refractivity contribution >= 4 is 33.3 Å². The highest BCUT2D eigenvalue weighted by atomic mass is 35.5. The fourth-order valence-electron chi connectivity index (χ4n) is 4.61. The van der Waals surface area contributed by atoms with Crippen LogP contribution in [0.4, 0.5) is 17.6 Å². The first-order chi connectivity index (χ1) is 19.8. The first-order valence-electron chi connectivity index (χ1n) is 13.2. The number of hydrogen-bond donors (Lipinski definition) is 1. The summed E-state index contributed by atoms with van der Waals surface area (Å²) < 4.78 is 82.5. The molecule has 12 heteroatoms. The van der Waals surface area contributed by atoms with E-state index in [2.05, 4.69) is 9.97 Å². The van der Waals surface area contributed by atoms with Gasteiger partial charge in [0.15, 0.2) is 12.6 Å². The van der Waals surface area contributed by atoms with Gasteiger partial charge in [-0.15, -0.1) is 0 Å². The van der Waals surface area contributed by atoms with Gasteiger partial charge in [0.25, 0.3) is 5.92 Å². The minimum atomic E-state index is -3.12. The van der Waals surface area contributed by atoms with Gasteiger partial charge in [-0.25, -0.2) is 17.6 Å². The van der Waals surface area contributed by atoms with Crippen molar-refractivity contribution in [3.8, 4) is 28.8 Å². The molecule has 1 N–H and O–H groups in total. The second kappa shape index (κ2) is 11.0. The molecule has 3 aromatic carbocycles. The molecule has 0 spiro atoms. The third-order valence-corrected chi connectivity index (χ3v) is 7.22. The van der Waals surface area contributed by atoms with Crippen LogP contribution in [0.1, 0.15) is 34.1 Å². The Morgan fingerprint density at radius 2 is 1.81 bits per heavy atom. The van der Waals surface area contributed by atoms with E-state index in [0.29, 0.717) is 17.4 Å². The van der Waals surface area contributed by atoms with Crippen molar-refractivity contribution < 1.29 is 41.6 Å². The molecule has 1 atom stereocenters. The summed E-state index contributed by atoms with van der Waals surface area (Å²) >= 11 is 6.51. The van der Waals surface area contributed by atoms with Crippen molar-refractivity contribution in [2.24, 2.45) is 5.41 Å². The molecule has 5 rings (SSSR count). The standard InChI is InChI=1S/C30H29ClF4N2O5/c1-5-39-15-41-17-9-16-7-6-8-20(31)22(16)18(10-17)23-21(32)11-19-25(24(23)33)36-27(37-26(19)42-28(2,3)4)40-14-29(13-38)12-30(29,34)35/h6-11,38H,5,12-15H2,1-4H3/t29-/m1/s1. The number of nitrogens with zero attached hydrogens (tertiary/aromatic N) is 2. The fourth-order valence-corrected chi connectivity index (χ4v) is 4.90. The summed E-state index contributed by atoms with van der Waals surface area (Å²) in [6, 6.07) is 8.72. The SMILES string of the molecule is CCOCOc1cc(-c2c(F)cc3c(OC(C)(C)C)nc(OC[C@]4(CO)CC4(F)F)nc3c2F)c2c(Cl)cccc2c1. The molecule has 1 aliphatic carbocycles. The van der Waals surface area contributed by atoms with Crippen LogP contribution in [0.25, 0.3) is 32.8 Å². The second-order valence-corrected chi connectivity index (χ2v) is 11.5. The van der Waals surface area contributed by atoms with Gasteiger partial charge in [0.2, 0.25) is 5.88 Å². The van der Waals surface area contributed by atoms with Crippen LogP contribution in [0.2, 0.25) is 5.02 Å². The van der Waals surface area contributed by atoms with Crippen molar-refractivity contribution in [3.63, 3.8) is 0 Å². The lowest BCUT2D eigenvalue weighted by atomic mass is 9.95. The molecule has 0 unspecified atom stereocenters. The Kier molecular flexibility index (Phi) is 7.88. The highest BCUT2D eigenvalue weighted by Crippen LogP contribution is 2.60. The van der Waals surface area contributed by atoms with Crippen molar-refractivity contribution in [1.82, 2.24) is 9.97 Å². The Hall–Kier alpha value is -3.41. The number of halogens is 5.